The first-order valence-corrected chi connectivity index (χ1v) is 7.57. The maximum Gasteiger partial charge on any atom is 0.0137 e. The van der Waals surface area contributed by atoms with E-state index in [1.165, 1.54) is 44.9 Å². The zero-order chi connectivity index (χ0) is 11.7. The zero-order valence-electron chi connectivity index (χ0n) is 10.8. The van der Waals surface area contributed by atoms with E-state index in [4.69, 9.17) is 5.73 Å². The van der Waals surface area contributed by atoms with E-state index in [-0.39, 0.29) is 0 Å². The normalized spacial score (nSPS) is 44.3. The Bertz CT molecular complexity index is 250. The van der Waals surface area contributed by atoms with Crippen LogP contribution in [0.4, 0.5) is 0 Å². The molecule has 17 heavy (non-hydrogen) atoms. The Morgan fingerprint density at radius 3 is 2.59 bits per heavy atom. The molecule has 2 aliphatic heterocycles. The van der Waals surface area contributed by atoms with Crippen molar-refractivity contribution in [3.05, 3.63) is 0 Å². The third kappa shape index (κ3) is 2.51. The number of hydrogen-bond donors (Lipinski definition) is 3. The fraction of sp³-hybridized carbons (Fsp3) is 1.00. The standard InChI is InChI=1S/C14H27N3/c15-12-8-14(10-4-2-1-3-5-10)17-13-6-7-16-9-11(12)13/h10-14,16-17H,1-9,15H2. The third-order valence-electron chi connectivity index (χ3n) is 5.25. The summed E-state index contributed by atoms with van der Waals surface area (Å²) in [5.41, 5.74) is 6.41. The van der Waals surface area contributed by atoms with Gasteiger partial charge < -0.3 is 16.4 Å². The highest BCUT2D eigenvalue weighted by atomic mass is 15.1. The lowest BCUT2D eigenvalue weighted by Gasteiger charge is -2.47. The van der Waals surface area contributed by atoms with Crippen molar-refractivity contribution in [3.8, 4) is 0 Å². The summed E-state index contributed by atoms with van der Waals surface area (Å²) in [6.45, 7) is 2.29. The van der Waals surface area contributed by atoms with Crippen molar-refractivity contribution < 1.29 is 0 Å². The van der Waals surface area contributed by atoms with Crippen molar-refractivity contribution in [2.75, 3.05) is 13.1 Å². The summed E-state index contributed by atoms with van der Waals surface area (Å²) in [6.07, 6.45) is 9.65. The summed E-state index contributed by atoms with van der Waals surface area (Å²) in [4.78, 5) is 0. The molecule has 2 heterocycles. The van der Waals surface area contributed by atoms with Crippen LogP contribution in [0.1, 0.15) is 44.9 Å². The lowest BCUT2D eigenvalue weighted by molar-refractivity contribution is 0.120. The second kappa shape index (κ2) is 5.25. The largest absolute Gasteiger partial charge is 0.327 e. The monoisotopic (exact) mass is 237 g/mol. The Hall–Kier alpha value is -0.120. The SMILES string of the molecule is NC1CC(C2CCCCC2)NC2CCNCC12. The Morgan fingerprint density at radius 2 is 1.76 bits per heavy atom. The Labute approximate surface area is 105 Å². The Kier molecular flexibility index (Phi) is 3.69. The molecule has 3 rings (SSSR count). The van der Waals surface area contributed by atoms with Crippen LogP contribution in [-0.2, 0) is 0 Å². The third-order valence-corrected chi connectivity index (χ3v) is 5.25. The predicted molar refractivity (Wildman–Crippen MR) is 70.9 cm³/mol. The van der Waals surface area contributed by atoms with Gasteiger partial charge in [0.15, 0.2) is 0 Å². The minimum absolute atomic E-state index is 0.418. The van der Waals surface area contributed by atoms with Crippen LogP contribution < -0.4 is 16.4 Å². The van der Waals surface area contributed by atoms with Crippen LogP contribution in [0.2, 0.25) is 0 Å². The number of hydrogen-bond acceptors (Lipinski definition) is 3. The summed E-state index contributed by atoms with van der Waals surface area (Å²) in [7, 11) is 0. The minimum atomic E-state index is 0.418. The molecule has 3 heteroatoms. The first kappa shape index (κ1) is 11.9. The van der Waals surface area contributed by atoms with Gasteiger partial charge in [0.2, 0.25) is 0 Å². The Balaban J connectivity index is 1.63. The quantitative estimate of drug-likeness (QED) is 0.643. The van der Waals surface area contributed by atoms with Crippen LogP contribution >= 0.6 is 0 Å². The van der Waals surface area contributed by atoms with E-state index in [0.717, 1.165) is 19.0 Å². The number of rotatable bonds is 1. The van der Waals surface area contributed by atoms with Crippen LogP contribution in [0, 0.1) is 11.8 Å². The second-order valence-corrected chi connectivity index (χ2v) is 6.33. The van der Waals surface area contributed by atoms with Gasteiger partial charge in [0.05, 0.1) is 0 Å². The fourth-order valence-corrected chi connectivity index (χ4v) is 4.22. The van der Waals surface area contributed by atoms with Crippen molar-refractivity contribution in [2.45, 2.75) is 63.1 Å². The van der Waals surface area contributed by atoms with E-state index in [1.54, 1.807) is 0 Å². The van der Waals surface area contributed by atoms with Gasteiger partial charge in [-0.1, -0.05) is 19.3 Å². The van der Waals surface area contributed by atoms with E-state index in [9.17, 15) is 0 Å². The van der Waals surface area contributed by atoms with Crippen LogP contribution in [0.25, 0.3) is 0 Å². The van der Waals surface area contributed by atoms with Gasteiger partial charge in [-0.3, -0.25) is 0 Å². The molecule has 2 saturated heterocycles. The maximum atomic E-state index is 6.41. The highest BCUT2D eigenvalue weighted by molar-refractivity contribution is 4.99. The number of fused-ring (bicyclic) bond motifs is 1. The van der Waals surface area contributed by atoms with Gasteiger partial charge in [0, 0.05) is 30.6 Å². The number of piperidine rings is 2. The molecule has 0 amide bonds. The molecule has 4 unspecified atom stereocenters. The average molecular weight is 237 g/mol. The van der Waals surface area contributed by atoms with E-state index >= 15 is 0 Å². The van der Waals surface area contributed by atoms with E-state index < -0.39 is 0 Å². The highest BCUT2D eigenvalue weighted by Gasteiger charge is 2.39. The van der Waals surface area contributed by atoms with Crippen molar-refractivity contribution in [2.24, 2.45) is 17.6 Å². The smallest absolute Gasteiger partial charge is 0.0137 e. The topological polar surface area (TPSA) is 50.1 Å². The molecule has 3 nitrogen and oxygen atoms in total. The molecular formula is C14H27N3. The van der Waals surface area contributed by atoms with Crippen LogP contribution in [0.3, 0.4) is 0 Å². The highest BCUT2D eigenvalue weighted by Crippen LogP contribution is 2.33. The molecule has 0 aromatic rings. The van der Waals surface area contributed by atoms with Gasteiger partial charge in [-0.2, -0.15) is 0 Å². The molecule has 1 saturated carbocycles. The van der Waals surface area contributed by atoms with E-state index in [0.29, 0.717) is 24.0 Å². The van der Waals surface area contributed by atoms with Crippen molar-refractivity contribution in [3.63, 3.8) is 0 Å². The lowest BCUT2D eigenvalue weighted by atomic mass is 9.74. The molecule has 0 aromatic heterocycles. The summed E-state index contributed by atoms with van der Waals surface area (Å²) >= 11 is 0. The van der Waals surface area contributed by atoms with Crippen molar-refractivity contribution in [1.29, 1.82) is 0 Å². The molecule has 98 valence electrons. The van der Waals surface area contributed by atoms with Crippen molar-refractivity contribution >= 4 is 0 Å². The van der Waals surface area contributed by atoms with Gasteiger partial charge in [-0.05, 0) is 38.1 Å². The summed E-state index contributed by atoms with van der Waals surface area (Å²) < 4.78 is 0. The van der Waals surface area contributed by atoms with Gasteiger partial charge in [-0.25, -0.2) is 0 Å². The van der Waals surface area contributed by atoms with Gasteiger partial charge in [-0.15, -0.1) is 0 Å². The number of nitrogens with two attached hydrogens (primary N) is 1. The predicted octanol–water partition coefficient (Wildman–Crippen LogP) is 1.23. The summed E-state index contributed by atoms with van der Waals surface area (Å²) in [5.74, 6) is 1.58. The first-order chi connectivity index (χ1) is 8.34. The van der Waals surface area contributed by atoms with Gasteiger partial charge >= 0.3 is 0 Å². The molecule has 3 aliphatic rings. The lowest BCUT2D eigenvalue weighted by Crippen LogP contribution is -2.63. The van der Waals surface area contributed by atoms with E-state index in [1.807, 2.05) is 0 Å². The molecule has 0 radical (unpaired) electrons. The molecule has 0 spiro atoms. The van der Waals surface area contributed by atoms with Crippen LogP contribution in [0.15, 0.2) is 0 Å². The fourth-order valence-electron chi connectivity index (χ4n) is 4.22. The first-order valence-electron chi connectivity index (χ1n) is 7.57. The molecule has 3 fully saturated rings. The van der Waals surface area contributed by atoms with E-state index in [2.05, 4.69) is 10.6 Å². The molecule has 4 atom stereocenters. The maximum absolute atomic E-state index is 6.41. The molecule has 4 N–H and O–H groups in total. The molecule has 1 aliphatic carbocycles. The van der Waals surface area contributed by atoms with Gasteiger partial charge in [0.1, 0.15) is 0 Å². The zero-order valence-corrected chi connectivity index (χ0v) is 10.8. The van der Waals surface area contributed by atoms with Crippen LogP contribution in [0.5, 0.6) is 0 Å². The Morgan fingerprint density at radius 1 is 0.941 bits per heavy atom. The molecule has 0 aromatic carbocycles. The molecule has 0 bridgehead atoms. The van der Waals surface area contributed by atoms with Gasteiger partial charge in [0.25, 0.3) is 0 Å². The van der Waals surface area contributed by atoms with Crippen LogP contribution in [-0.4, -0.2) is 31.2 Å². The average Bonchev–Trinajstić information content (AvgIpc) is 2.40. The minimum Gasteiger partial charge on any atom is -0.327 e. The van der Waals surface area contributed by atoms with Crippen molar-refractivity contribution in [1.82, 2.24) is 10.6 Å². The summed E-state index contributed by atoms with van der Waals surface area (Å²) in [5, 5.41) is 7.42. The number of nitrogens with one attached hydrogen (secondary N) is 2. The molecular weight excluding hydrogens is 210 g/mol. The summed E-state index contributed by atoms with van der Waals surface area (Å²) in [6, 6.07) is 1.82. The second-order valence-electron chi connectivity index (χ2n) is 6.33.